The lowest BCUT2D eigenvalue weighted by molar-refractivity contribution is -0.146. The maximum Gasteiger partial charge on any atom is 0.323 e. The fraction of sp³-hybridized carbons (Fsp3) is 0.529. The van der Waals surface area contributed by atoms with Gasteiger partial charge in [0.25, 0.3) is 0 Å². The van der Waals surface area contributed by atoms with Gasteiger partial charge in [-0.2, -0.15) is 0 Å². The highest BCUT2D eigenvalue weighted by molar-refractivity contribution is 5.81. The van der Waals surface area contributed by atoms with E-state index in [-0.39, 0.29) is 18.5 Å². The van der Waals surface area contributed by atoms with Crippen LogP contribution in [0.25, 0.3) is 0 Å². The Balaban J connectivity index is 2.70. The number of carboxylic acids is 1. The third-order valence-electron chi connectivity index (χ3n) is 3.86. The van der Waals surface area contributed by atoms with Gasteiger partial charge in [-0.15, -0.1) is 0 Å². The molecule has 4 nitrogen and oxygen atoms in total. The summed E-state index contributed by atoms with van der Waals surface area (Å²) in [5.74, 6) is -1.05. The topological polar surface area (TPSA) is 57.6 Å². The Morgan fingerprint density at radius 1 is 1.29 bits per heavy atom. The highest BCUT2D eigenvalue weighted by Crippen LogP contribution is 2.14. The van der Waals surface area contributed by atoms with Crippen LogP contribution in [0.1, 0.15) is 43.4 Å². The highest BCUT2D eigenvalue weighted by atomic mass is 16.4. The van der Waals surface area contributed by atoms with Crippen LogP contribution in [-0.2, 0) is 16.0 Å². The SMILES string of the molecule is CCC(C)N(CC(=O)O)C(=O)CCc1ccc(C)cc1C. The molecule has 116 valence electrons. The number of rotatable bonds is 7. The van der Waals surface area contributed by atoms with E-state index in [1.165, 1.54) is 16.0 Å². The summed E-state index contributed by atoms with van der Waals surface area (Å²) >= 11 is 0. The zero-order valence-corrected chi connectivity index (χ0v) is 13.3. The molecule has 1 rings (SSSR count). The molecule has 0 bridgehead atoms. The van der Waals surface area contributed by atoms with Gasteiger partial charge in [0.15, 0.2) is 0 Å². The van der Waals surface area contributed by atoms with Crippen molar-refractivity contribution in [1.29, 1.82) is 0 Å². The zero-order chi connectivity index (χ0) is 16.0. The number of carboxylic acid groups (broad SMARTS) is 1. The van der Waals surface area contributed by atoms with Gasteiger partial charge in [0.2, 0.25) is 5.91 Å². The number of amides is 1. The fourth-order valence-electron chi connectivity index (χ4n) is 2.37. The van der Waals surface area contributed by atoms with Crippen LogP contribution in [0.5, 0.6) is 0 Å². The van der Waals surface area contributed by atoms with E-state index in [9.17, 15) is 9.59 Å². The summed E-state index contributed by atoms with van der Waals surface area (Å²) in [5.41, 5.74) is 3.53. The van der Waals surface area contributed by atoms with Crippen LogP contribution < -0.4 is 0 Å². The number of aryl methyl sites for hydroxylation is 3. The molecule has 0 radical (unpaired) electrons. The number of aliphatic carboxylic acids is 1. The number of hydrogen-bond acceptors (Lipinski definition) is 2. The lowest BCUT2D eigenvalue weighted by Gasteiger charge is -2.27. The molecule has 1 atom stereocenters. The van der Waals surface area contributed by atoms with E-state index in [0.29, 0.717) is 12.8 Å². The number of carbonyl (C=O) groups is 2. The first-order chi connectivity index (χ1) is 9.85. The summed E-state index contributed by atoms with van der Waals surface area (Å²) in [6.45, 7) is 7.70. The molecular weight excluding hydrogens is 266 g/mol. The van der Waals surface area contributed by atoms with Crippen molar-refractivity contribution in [2.45, 2.75) is 53.0 Å². The number of benzene rings is 1. The first-order valence-corrected chi connectivity index (χ1v) is 7.42. The summed E-state index contributed by atoms with van der Waals surface area (Å²) in [6.07, 6.45) is 1.75. The summed E-state index contributed by atoms with van der Waals surface area (Å²) in [6, 6.07) is 6.13. The van der Waals surface area contributed by atoms with Crippen molar-refractivity contribution in [2.24, 2.45) is 0 Å². The standard InChI is InChI=1S/C17H25NO3/c1-5-14(4)18(11-17(20)21)16(19)9-8-15-7-6-12(2)10-13(15)3/h6-7,10,14H,5,8-9,11H2,1-4H3,(H,20,21). The van der Waals surface area contributed by atoms with Crippen molar-refractivity contribution in [2.75, 3.05) is 6.54 Å². The van der Waals surface area contributed by atoms with Gasteiger partial charge >= 0.3 is 5.97 Å². The molecule has 1 N–H and O–H groups in total. The third-order valence-corrected chi connectivity index (χ3v) is 3.86. The average Bonchev–Trinajstić information content (AvgIpc) is 2.42. The molecule has 1 amide bonds. The van der Waals surface area contributed by atoms with Crippen LogP contribution in [0.2, 0.25) is 0 Å². The molecule has 0 aliphatic heterocycles. The lowest BCUT2D eigenvalue weighted by Crippen LogP contribution is -2.41. The van der Waals surface area contributed by atoms with Gasteiger partial charge in [0, 0.05) is 12.5 Å². The van der Waals surface area contributed by atoms with Gasteiger partial charge in [-0.3, -0.25) is 9.59 Å². The largest absolute Gasteiger partial charge is 0.480 e. The van der Waals surface area contributed by atoms with E-state index < -0.39 is 5.97 Å². The second-order valence-electron chi connectivity index (χ2n) is 5.60. The molecule has 4 heteroatoms. The van der Waals surface area contributed by atoms with Gasteiger partial charge in [-0.1, -0.05) is 30.7 Å². The summed E-state index contributed by atoms with van der Waals surface area (Å²) in [4.78, 5) is 24.7. The van der Waals surface area contributed by atoms with Crippen LogP contribution in [0.15, 0.2) is 18.2 Å². The van der Waals surface area contributed by atoms with Crippen LogP contribution in [0, 0.1) is 13.8 Å². The fourth-order valence-corrected chi connectivity index (χ4v) is 2.37. The van der Waals surface area contributed by atoms with E-state index in [0.717, 1.165) is 12.0 Å². The van der Waals surface area contributed by atoms with Gasteiger partial charge in [-0.05, 0) is 44.7 Å². The van der Waals surface area contributed by atoms with Crippen LogP contribution >= 0.6 is 0 Å². The molecule has 0 spiro atoms. The molecule has 0 aliphatic rings. The van der Waals surface area contributed by atoms with E-state index in [1.807, 2.05) is 39.8 Å². The number of carbonyl (C=O) groups excluding carboxylic acids is 1. The summed E-state index contributed by atoms with van der Waals surface area (Å²) in [7, 11) is 0. The van der Waals surface area contributed by atoms with Crippen molar-refractivity contribution < 1.29 is 14.7 Å². The molecule has 0 aliphatic carbocycles. The average molecular weight is 291 g/mol. The van der Waals surface area contributed by atoms with E-state index in [1.54, 1.807) is 0 Å². The minimum Gasteiger partial charge on any atom is -0.480 e. The molecule has 1 unspecified atom stereocenters. The Morgan fingerprint density at radius 2 is 1.95 bits per heavy atom. The van der Waals surface area contributed by atoms with Crippen molar-refractivity contribution in [3.63, 3.8) is 0 Å². The normalized spacial score (nSPS) is 12.0. The molecule has 1 aromatic rings. The highest BCUT2D eigenvalue weighted by Gasteiger charge is 2.21. The number of hydrogen-bond donors (Lipinski definition) is 1. The smallest absolute Gasteiger partial charge is 0.323 e. The van der Waals surface area contributed by atoms with Gasteiger partial charge in [0.1, 0.15) is 6.54 Å². The second kappa shape index (κ2) is 7.81. The van der Waals surface area contributed by atoms with E-state index in [2.05, 4.69) is 6.07 Å². The maximum absolute atomic E-state index is 12.3. The predicted octanol–water partition coefficient (Wildman–Crippen LogP) is 2.95. The van der Waals surface area contributed by atoms with Gasteiger partial charge < -0.3 is 10.0 Å². The minimum atomic E-state index is -0.963. The second-order valence-corrected chi connectivity index (χ2v) is 5.60. The predicted molar refractivity (Wildman–Crippen MR) is 83.3 cm³/mol. The van der Waals surface area contributed by atoms with E-state index >= 15 is 0 Å². The van der Waals surface area contributed by atoms with Crippen molar-refractivity contribution in [1.82, 2.24) is 4.90 Å². The first kappa shape index (κ1) is 17.2. The minimum absolute atomic E-state index is 0.0484. The lowest BCUT2D eigenvalue weighted by atomic mass is 10.0. The Morgan fingerprint density at radius 3 is 2.48 bits per heavy atom. The molecular formula is C17H25NO3. The molecule has 0 fully saturated rings. The zero-order valence-electron chi connectivity index (χ0n) is 13.3. The summed E-state index contributed by atoms with van der Waals surface area (Å²) in [5, 5.41) is 8.94. The molecule has 0 saturated heterocycles. The van der Waals surface area contributed by atoms with Gasteiger partial charge in [-0.25, -0.2) is 0 Å². The number of nitrogens with zero attached hydrogens (tertiary/aromatic N) is 1. The van der Waals surface area contributed by atoms with Gasteiger partial charge in [0.05, 0.1) is 0 Å². The first-order valence-electron chi connectivity index (χ1n) is 7.42. The monoisotopic (exact) mass is 291 g/mol. The Kier molecular flexibility index (Phi) is 6.40. The summed E-state index contributed by atoms with van der Waals surface area (Å²) < 4.78 is 0. The van der Waals surface area contributed by atoms with Crippen LogP contribution in [0.3, 0.4) is 0 Å². The third kappa shape index (κ3) is 5.21. The maximum atomic E-state index is 12.3. The molecule has 1 aromatic carbocycles. The van der Waals surface area contributed by atoms with Crippen molar-refractivity contribution >= 4 is 11.9 Å². The molecule has 0 saturated carbocycles. The van der Waals surface area contributed by atoms with E-state index in [4.69, 9.17) is 5.11 Å². The van der Waals surface area contributed by atoms with Crippen LogP contribution in [-0.4, -0.2) is 34.5 Å². The molecule has 21 heavy (non-hydrogen) atoms. The van der Waals surface area contributed by atoms with Crippen molar-refractivity contribution in [3.05, 3.63) is 34.9 Å². The Bertz CT molecular complexity index is 511. The Labute approximate surface area is 126 Å². The molecule has 0 heterocycles. The van der Waals surface area contributed by atoms with Crippen molar-refractivity contribution in [3.8, 4) is 0 Å². The van der Waals surface area contributed by atoms with Crippen LogP contribution in [0.4, 0.5) is 0 Å². The Hall–Kier alpha value is -1.84. The molecule has 0 aromatic heterocycles. The quantitative estimate of drug-likeness (QED) is 0.840.